The molecule has 1 saturated carbocycles. The van der Waals surface area contributed by atoms with Crippen LogP contribution in [-0.2, 0) is 13.2 Å². The number of ether oxygens (including phenoxy) is 3. The molecular weight excluding hydrogens is 564 g/mol. The zero-order valence-corrected chi connectivity index (χ0v) is 27.3. The summed E-state index contributed by atoms with van der Waals surface area (Å²) in [5.41, 5.74) is 4.91. The van der Waals surface area contributed by atoms with E-state index in [1.165, 1.54) is 0 Å². The van der Waals surface area contributed by atoms with E-state index in [1.54, 1.807) is 20.3 Å². The van der Waals surface area contributed by atoms with Crippen LogP contribution in [-0.4, -0.2) is 62.7 Å². The summed E-state index contributed by atoms with van der Waals surface area (Å²) in [6.45, 7) is 7.43. The third kappa shape index (κ3) is 7.92. The van der Waals surface area contributed by atoms with Gasteiger partial charge in [0.2, 0.25) is 5.88 Å². The molecule has 2 aromatic carbocycles. The summed E-state index contributed by atoms with van der Waals surface area (Å²) in [4.78, 5) is 22.9. The van der Waals surface area contributed by atoms with Crippen LogP contribution in [0.4, 0.5) is 5.69 Å². The van der Waals surface area contributed by atoms with Crippen molar-refractivity contribution in [2.45, 2.75) is 71.7 Å². The quantitative estimate of drug-likeness (QED) is 0.249. The van der Waals surface area contributed by atoms with Crippen LogP contribution < -0.4 is 24.4 Å². The van der Waals surface area contributed by atoms with Crippen molar-refractivity contribution in [3.63, 3.8) is 0 Å². The van der Waals surface area contributed by atoms with Crippen LogP contribution in [0.2, 0.25) is 5.02 Å². The van der Waals surface area contributed by atoms with Gasteiger partial charge >= 0.3 is 0 Å². The first-order chi connectivity index (χ1) is 20.6. The topological polar surface area (TPSA) is 76.2 Å². The molecule has 3 aromatic rings. The second-order valence-electron chi connectivity index (χ2n) is 11.4. The van der Waals surface area contributed by atoms with Crippen LogP contribution in [0.15, 0.2) is 42.5 Å². The van der Waals surface area contributed by atoms with Crippen LogP contribution >= 0.6 is 11.6 Å². The molecule has 0 saturated heterocycles. The Morgan fingerprint density at radius 3 is 2.28 bits per heavy atom. The minimum absolute atomic E-state index is 0.181. The summed E-state index contributed by atoms with van der Waals surface area (Å²) in [7, 11) is 7.53. The highest BCUT2D eigenvalue weighted by atomic mass is 35.5. The lowest BCUT2D eigenvalue weighted by Gasteiger charge is -2.40. The molecule has 0 unspecified atom stereocenters. The van der Waals surface area contributed by atoms with Gasteiger partial charge in [0.05, 0.1) is 26.3 Å². The fourth-order valence-electron chi connectivity index (χ4n) is 5.96. The molecule has 0 spiro atoms. The molecule has 232 valence electrons. The molecule has 4 rings (SSSR count). The van der Waals surface area contributed by atoms with Crippen molar-refractivity contribution >= 4 is 23.2 Å². The Hall–Kier alpha value is -3.49. The maximum absolute atomic E-state index is 13.7. The van der Waals surface area contributed by atoms with E-state index in [-0.39, 0.29) is 12.5 Å². The van der Waals surface area contributed by atoms with Gasteiger partial charge in [0, 0.05) is 46.7 Å². The fourth-order valence-corrected chi connectivity index (χ4v) is 6.17. The highest BCUT2D eigenvalue weighted by Gasteiger charge is 2.28. The van der Waals surface area contributed by atoms with E-state index < -0.39 is 0 Å². The number of hydrogen-bond donors (Lipinski definition) is 1. The molecule has 1 heterocycles. The lowest BCUT2D eigenvalue weighted by molar-refractivity contribution is 0.0949. The Kier molecular flexibility index (Phi) is 11.2. The molecule has 0 radical (unpaired) electrons. The first kappa shape index (κ1) is 32.4. The average Bonchev–Trinajstić information content (AvgIpc) is 3.01. The van der Waals surface area contributed by atoms with Gasteiger partial charge in [0.15, 0.2) is 0 Å². The number of methoxy groups -OCH3 is 2. The number of aryl methyl sites for hydroxylation is 1. The van der Waals surface area contributed by atoms with Gasteiger partial charge in [0.1, 0.15) is 18.1 Å². The van der Waals surface area contributed by atoms with E-state index in [0.29, 0.717) is 46.5 Å². The monoisotopic (exact) mass is 608 g/mol. The zero-order chi connectivity index (χ0) is 31.1. The number of hydrogen-bond acceptors (Lipinski definition) is 7. The van der Waals surface area contributed by atoms with Gasteiger partial charge in [-0.05, 0) is 95.9 Å². The largest absolute Gasteiger partial charge is 0.497 e. The predicted molar refractivity (Wildman–Crippen MR) is 173 cm³/mol. The molecule has 43 heavy (non-hydrogen) atoms. The van der Waals surface area contributed by atoms with Crippen LogP contribution in [0.3, 0.4) is 0 Å². The van der Waals surface area contributed by atoms with Crippen LogP contribution in [0.5, 0.6) is 17.4 Å². The van der Waals surface area contributed by atoms with Gasteiger partial charge in [-0.2, -0.15) is 0 Å². The molecule has 1 amide bonds. The predicted octanol–water partition coefficient (Wildman–Crippen LogP) is 6.58. The van der Waals surface area contributed by atoms with E-state index in [1.807, 2.05) is 50.2 Å². The Bertz CT molecular complexity index is 1390. The third-order valence-corrected chi connectivity index (χ3v) is 8.64. The Morgan fingerprint density at radius 2 is 1.67 bits per heavy atom. The van der Waals surface area contributed by atoms with Crippen molar-refractivity contribution in [2.75, 3.05) is 39.8 Å². The number of halogens is 1. The maximum Gasteiger partial charge on any atom is 0.251 e. The summed E-state index contributed by atoms with van der Waals surface area (Å²) < 4.78 is 17.1. The van der Waals surface area contributed by atoms with Crippen LogP contribution in [0.1, 0.15) is 65.3 Å². The van der Waals surface area contributed by atoms with E-state index in [9.17, 15) is 4.79 Å². The van der Waals surface area contributed by atoms with Crippen molar-refractivity contribution in [3.05, 3.63) is 75.4 Å². The third-order valence-electron chi connectivity index (χ3n) is 8.42. The minimum Gasteiger partial charge on any atom is -0.497 e. The standard InChI is InChI=1S/C34H45ClN4O4/c1-8-39(27-13-11-26(12-14-27)38(4)5)31-19-25(35)18-29(23(31)3)33(40)36-20-30-32(17-22(2)37-34(30)42-7)43-21-24-9-15-28(41-6)16-10-24/h9-10,15-19,26-27H,8,11-14,20-21H2,1-7H3,(H,36,40)/t26-,27-. The first-order valence-electron chi connectivity index (χ1n) is 15.0. The molecule has 0 atom stereocenters. The van der Waals surface area contributed by atoms with Gasteiger partial charge in [-0.25, -0.2) is 4.98 Å². The van der Waals surface area contributed by atoms with E-state index in [4.69, 9.17) is 25.8 Å². The first-order valence-corrected chi connectivity index (χ1v) is 15.3. The van der Waals surface area contributed by atoms with Crippen molar-refractivity contribution in [1.82, 2.24) is 15.2 Å². The van der Waals surface area contributed by atoms with Crippen molar-refractivity contribution in [2.24, 2.45) is 0 Å². The molecular formula is C34H45ClN4O4. The summed E-state index contributed by atoms with van der Waals surface area (Å²) in [5.74, 6) is 1.60. The van der Waals surface area contributed by atoms with Crippen LogP contribution in [0.25, 0.3) is 0 Å². The molecule has 1 aliphatic carbocycles. The van der Waals surface area contributed by atoms with Crippen molar-refractivity contribution < 1.29 is 19.0 Å². The summed E-state index contributed by atoms with van der Waals surface area (Å²) in [6.07, 6.45) is 4.56. The molecule has 1 fully saturated rings. The van der Waals surface area contributed by atoms with Crippen molar-refractivity contribution in [3.8, 4) is 17.4 Å². The maximum atomic E-state index is 13.7. The van der Waals surface area contributed by atoms with E-state index in [0.717, 1.165) is 60.5 Å². The molecule has 8 nitrogen and oxygen atoms in total. The summed E-state index contributed by atoms with van der Waals surface area (Å²) in [6, 6.07) is 14.4. The number of carbonyl (C=O) groups is 1. The molecule has 1 N–H and O–H groups in total. The lowest BCUT2D eigenvalue weighted by atomic mass is 9.89. The van der Waals surface area contributed by atoms with Gasteiger partial charge < -0.3 is 29.3 Å². The normalized spacial score (nSPS) is 16.6. The summed E-state index contributed by atoms with van der Waals surface area (Å²) in [5, 5.41) is 3.62. The fraction of sp³-hybridized carbons (Fsp3) is 0.471. The number of nitrogens with one attached hydrogen (secondary N) is 1. The highest BCUT2D eigenvalue weighted by Crippen LogP contribution is 2.34. The summed E-state index contributed by atoms with van der Waals surface area (Å²) >= 11 is 6.63. The highest BCUT2D eigenvalue weighted by molar-refractivity contribution is 6.31. The molecule has 0 aliphatic heterocycles. The number of amides is 1. The number of nitrogens with zero attached hydrogens (tertiary/aromatic N) is 3. The minimum atomic E-state index is -0.211. The average molecular weight is 609 g/mol. The molecule has 1 aliphatic rings. The number of benzene rings is 2. The number of carbonyl (C=O) groups excluding carboxylic acids is 1. The van der Waals surface area contributed by atoms with Gasteiger partial charge in [-0.1, -0.05) is 23.7 Å². The van der Waals surface area contributed by atoms with Gasteiger partial charge in [-0.3, -0.25) is 4.79 Å². The Labute approximate surface area is 261 Å². The zero-order valence-electron chi connectivity index (χ0n) is 26.5. The number of anilines is 1. The van der Waals surface area contributed by atoms with Crippen LogP contribution in [0, 0.1) is 13.8 Å². The second kappa shape index (κ2) is 14.8. The second-order valence-corrected chi connectivity index (χ2v) is 11.8. The number of pyridine rings is 1. The Morgan fingerprint density at radius 1 is 1.00 bits per heavy atom. The molecule has 0 bridgehead atoms. The SMILES string of the molecule is CCN(c1cc(Cl)cc(C(=O)NCc2c(OCc3ccc(OC)cc3)cc(C)nc2OC)c1C)[C@H]1CC[C@H](N(C)C)CC1. The number of aromatic nitrogens is 1. The molecule has 1 aromatic heterocycles. The van der Waals surface area contributed by atoms with Gasteiger partial charge in [-0.15, -0.1) is 0 Å². The smallest absolute Gasteiger partial charge is 0.251 e. The van der Waals surface area contributed by atoms with Gasteiger partial charge in [0.25, 0.3) is 5.91 Å². The van der Waals surface area contributed by atoms with E-state index >= 15 is 0 Å². The molecule has 9 heteroatoms. The Balaban J connectivity index is 1.53. The van der Waals surface area contributed by atoms with E-state index in [2.05, 4.69) is 41.1 Å². The lowest BCUT2D eigenvalue weighted by Crippen LogP contribution is -2.42. The van der Waals surface area contributed by atoms with Crippen molar-refractivity contribution in [1.29, 1.82) is 0 Å². The number of rotatable bonds is 12.